The second-order valence-electron chi connectivity index (χ2n) is 11.3. The van der Waals surface area contributed by atoms with E-state index in [1.165, 1.54) is 12.4 Å². The van der Waals surface area contributed by atoms with Crippen LogP contribution in [0.3, 0.4) is 0 Å². The number of carbonyl (C=O) groups is 1. The molecule has 2 aliphatic rings. The van der Waals surface area contributed by atoms with Gasteiger partial charge < -0.3 is 14.8 Å². The van der Waals surface area contributed by atoms with Gasteiger partial charge in [0.05, 0.1) is 25.4 Å². The Kier molecular flexibility index (Phi) is 6.21. The van der Waals surface area contributed by atoms with Crippen molar-refractivity contribution in [2.45, 2.75) is 57.7 Å². The van der Waals surface area contributed by atoms with Gasteiger partial charge in [0.25, 0.3) is 0 Å². The van der Waals surface area contributed by atoms with Crippen molar-refractivity contribution in [1.82, 2.24) is 19.7 Å². The Morgan fingerprint density at radius 3 is 2.64 bits per heavy atom. The standard InChI is InChI=1S/C30H32F2N4O3/c1-19-11-26(39-2)24(23-7-9-33-27(19)23)16-35-10-8-29(17-30(31,32)18-29)12-25(35)21-5-3-20(4-6-21)14-36-15-22(13-34-36)28(37)38/h3-7,9,11,13,15,25,33H,8,10,12,14,16-18H2,1-2H3,(H,37,38)/t25-/m1/s1. The lowest BCUT2D eigenvalue weighted by molar-refractivity contribution is -0.186. The molecule has 1 saturated heterocycles. The van der Waals surface area contributed by atoms with Crippen LogP contribution in [0.2, 0.25) is 0 Å². The number of likely N-dealkylation sites (tertiary alicyclic amines) is 1. The molecule has 7 nitrogen and oxygen atoms in total. The molecule has 3 heterocycles. The zero-order valence-electron chi connectivity index (χ0n) is 22.1. The number of aryl methyl sites for hydroxylation is 1. The van der Waals surface area contributed by atoms with Crippen LogP contribution >= 0.6 is 0 Å². The van der Waals surface area contributed by atoms with Crippen LogP contribution in [0.1, 0.15) is 64.3 Å². The number of nitrogens with zero attached hydrogens (tertiary/aromatic N) is 3. The summed E-state index contributed by atoms with van der Waals surface area (Å²) in [5.74, 6) is -2.73. The van der Waals surface area contributed by atoms with E-state index in [0.717, 1.165) is 51.9 Å². The Morgan fingerprint density at radius 1 is 1.21 bits per heavy atom. The minimum atomic E-state index is -2.56. The fourth-order valence-corrected chi connectivity index (χ4v) is 6.64. The van der Waals surface area contributed by atoms with Crippen LogP contribution in [0.5, 0.6) is 5.75 Å². The minimum absolute atomic E-state index is 0.00721. The summed E-state index contributed by atoms with van der Waals surface area (Å²) in [7, 11) is 1.69. The van der Waals surface area contributed by atoms with Gasteiger partial charge in [-0.25, -0.2) is 13.6 Å². The zero-order chi connectivity index (χ0) is 27.4. The van der Waals surface area contributed by atoms with E-state index in [9.17, 15) is 13.6 Å². The molecule has 204 valence electrons. The molecule has 0 unspecified atom stereocenters. The number of aromatic carboxylic acids is 1. The first-order valence-corrected chi connectivity index (χ1v) is 13.3. The van der Waals surface area contributed by atoms with Crippen LogP contribution in [-0.2, 0) is 13.1 Å². The zero-order valence-corrected chi connectivity index (χ0v) is 22.1. The average Bonchev–Trinajstić information content (AvgIpc) is 3.56. The van der Waals surface area contributed by atoms with Crippen LogP contribution in [0, 0.1) is 12.3 Å². The van der Waals surface area contributed by atoms with E-state index in [4.69, 9.17) is 9.84 Å². The number of fused-ring (bicyclic) bond motifs is 1. The molecule has 1 aliphatic carbocycles. The summed E-state index contributed by atoms with van der Waals surface area (Å²) in [6, 6.07) is 12.3. The molecule has 39 heavy (non-hydrogen) atoms. The number of nitrogens with one attached hydrogen (secondary N) is 1. The first-order chi connectivity index (χ1) is 18.7. The Balaban J connectivity index is 1.29. The quantitative estimate of drug-likeness (QED) is 0.296. The third-order valence-electron chi connectivity index (χ3n) is 8.55. The smallest absolute Gasteiger partial charge is 0.338 e. The number of H-pyrrole nitrogens is 1. The van der Waals surface area contributed by atoms with Gasteiger partial charge in [0.15, 0.2) is 0 Å². The van der Waals surface area contributed by atoms with Crippen molar-refractivity contribution in [1.29, 1.82) is 0 Å². The highest BCUT2D eigenvalue weighted by atomic mass is 19.3. The number of ether oxygens (including phenoxy) is 1. The monoisotopic (exact) mass is 534 g/mol. The molecule has 2 fully saturated rings. The van der Waals surface area contributed by atoms with E-state index in [0.29, 0.717) is 19.5 Å². The topological polar surface area (TPSA) is 83.4 Å². The molecule has 6 rings (SSSR count). The van der Waals surface area contributed by atoms with Gasteiger partial charge in [0.1, 0.15) is 5.75 Å². The molecule has 1 aliphatic heterocycles. The molecule has 4 aromatic rings. The summed E-state index contributed by atoms with van der Waals surface area (Å²) in [5.41, 5.74) is 5.20. The SMILES string of the molecule is COc1cc(C)c2[nH]ccc2c1CN1CCC2(C[C@@H]1c1ccc(Cn3cc(C(=O)O)cn3)cc1)CC(F)(F)C2. The number of aromatic nitrogens is 3. The molecule has 2 N–H and O–H groups in total. The average molecular weight is 535 g/mol. The van der Waals surface area contributed by atoms with Crippen LogP contribution in [0.15, 0.2) is 55.0 Å². The number of piperidine rings is 1. The van der Waals surface area contributed by atoms with E-state index >= 15 is 0 Å². The molecular formula is C30H32F2N4O3. The maximum absolute atomic E-state index is 14.0. The van der Waals surface area contributed by atoms with Gasteiger partial charge >= 0.3 is 5.97 Å². The van der Waals surface area contributed by atoms with Gasteiger partial charge in [0, 0.05) is 54.3 Å². The Labute approximate surface area is 225 Å². The number of benzene rings is 2. The largest absolute Gasteiger partial charge is 0.496 e. The van der Waals surface area contributed by atoms with Gasteiger partial charge in [0.2, 0.25) is 5.92 Å². The normalized spacial score (nSPS) is 20.3. The van der Waals surface area contributed by atoms with Crippen molar-refractivity contribution >= 4 is 16.9 Å². The first-order valence-electron chi connectivity index (χ1n) is 13.3. The van der Waals surface area contributed by atoms with Crippen molar-refractivity contribution in [2.75, 3.05) is 13.7 Å². The van der Waals surface area contributed by atoms with E-state index in [-0.39, 0.29) is 29.9 Å². The molecule has 1 spiro atoms. The molecular weight excluding hydrogens is 502 g/mol. The second kappa shape index (κ2) is 9.48. The lowest BCUT2D eigenvalue weighted by atomic mass is 9.59. The van der Waals surface area contributed by atoms with Crippen molar-refractivity contribution in [3.05, 3.63) is 82.8 Å². The third-order valence-corrected chi connectivity index (χ3v) is 8.55. The van der Waals surface area contributed by atoms with Gasteiger partial charge in [-0.3, -0.25) is 9.58 Å². The highest BCUT2D eigenvalue weighted by molar-refractivity contribution is 5.88. The van der Waals surface area contributed by atoms with Gasteiger partial charge in [-0.15, -0.1) is 0 Å². The Bertz CT molecular complexity index is 1520. The number of carboxylic acids is 1. The highest BCUT2D eigenvalue weighted by Crippen LogP contribution is 2.60. The lowest BCUT2D eigenvalue weighted by Crippen LogP contribution is -2.53. The second-order valence-corrected chi connectivity index (χ2v) is 11.3. The maximum atomic E-state index is 14.0. The maximum Gasteiger partial charge on any atom is 0.338 e. The Morgan fingerprint density at radius 2 is 1.97 bits per heavy atom. The third kappa shape index (κ3) is 4.80. The highest BCUT2D eigenvalue weighted by Gasteiger charge is 2.58. The summed E-state index contributed by atoms with van der Waals surface area (Å²) < 4.78 is 35.5. The molecule has 2 aromatic carbocycles. The molecule has 1 saturated carbocycles. The fourth-order valence-electron chi connectivity index (χ4n) is 6.64. The van der Waals surface area contributed by atoms with Crippen molar-refractivity contribution in [3.63, 3.8) is 0 Å². The van der Waals surface area contributed by atoms with Crippen molar-refractivity contribution in [3.8, 4) is 5.75 Å². The van der Waals surface area contributed by atoms with E-state index in [1.54, 1.807) is 11.8 Å². The van der Waals surface area contributed by atoms with Crippen LogP contribution in [-0.4, -0.2) is 50.3 Å². The molecule has 0 amide bonds. The van der Waals surface area contributed by atoms with Gasteiger partial charge in [-0.2, -0.15) is 5.10 Å². The molecule has 9 heteroatoms. The lowest BCUT2D eigenvalue weighted by Gasteiger charge is -2.54. The predicted octanol–water partition coefficient (Wildman–Crippen LogP) is 6.18. The van der Waals surface area contributed by atoms with Crippen LogP contribution in [0.25, 0.3) is 10.9 Å². The number of methoxy groups -OCH3 is 1. The number of carboxylic acid groups (broad SMARTS) is 1. The summed E-state index contributed by atoms with van der Waals surface area (Å²) in [6.07, 6.45) is 6.16. The number of halogens is 2. The molecule has 1 atom stereocenters. The van der Waals surface area contributed by atoms with E-state index < -0.39 is 11.9 Å². The molecule has 2 aromatic heterocycles. The number of rotatable bonds is 7. The van der Waals surface area contributed by atoms with Crippen molar-refractivity contribution in [2.24, 2.45) is 5.41 Å². The summed E-state index contributed by atoms with van der Waals surface area (Å²) >= 11 is 0. The van der Waals surface area contributed by atoms with Gasteiger partial charge in [-0.1, -0.05) is 24.3 Å². The summed E-state index contributed by atoms with van der Waals surface area (Å²) in [4.78, 5) is 16.9. The Hall–Kier alpha value is -3.72. The number of hydrogen-bond acceptors (Lipinski definition) is 4. The van der Waals surface area contributed by atoms with Crippen LogP contribution in [0.4, 0.5) is 8.78 Å². The first kappa shape index (κ1) is 25.6. The van der Waals surface area contributed by atoms with E-state index in [2.05, 4.69) is 46.2 Å². The number of hydrogen-bond donors (Lipinski definition) is 2. The van der Waals surface area contributed by atoms with Gasteiger partial charge in [-0.05, 0) is 60.5 Å². The van der Waals surface area contributed by atoms with Crippen LogP contribution < -0.4 is 4.74 Å². The minimum Gasteiger partial charge on any atom is -0.496 e. The predicted molar refractivity (Wildman–Crippen MR) is 143 cm³/mol. The summed E-state index contributed by atoms with van der Waals surface area (Å²) in [6.45, 7) is 3.89. The van der Waals surface area contributed by atoms with E-state index in [1.807, 2.05) is 18.3 Å². The molecule has 0 radical (unpaired) electrons. The molecule has 0 bridgehead atoms. The number of alkyl halides is 2. The van der Waals surface area contributed by atoms with Crippen molar-refractivity contribution < 1.29 is 23.4 Å². The fraction of sp³-hybridized carbons (Fsp3) is 0.400. The number of aromatic amines is 1. The summed E-state index contributed by atoms with van der Waals surface area (Å²) in [5, 5.41) is 14.4.